The Labute approximate surface area is 146 Å². The van der Waals surface area contributed by atoms with Crippen molar-refractivity contribution in [2.24, 2.45) is 17.3 Å². The summed E-state index contributed by atoms with van der Waals surface area (Å²) < 4.78 is 0. The molecule has 4 atom stereocenters. The van der Waals surface area contributed by atoms with Crippen LogP contribution < -0.4 is 0 Å². The highest BCUT2D eigenvalue weighted by Gasteiger charge is 2.51. The maximum absolute atomic E-state index is 11.4. The third-order valence-electron chi connectivity index (χ3n) is 6.25. The van der Waals surface area contributed by atoms with Crippen molar-refractivity contribution in [3.05, 3.63) is 11.6 Å². The molecule has 0 aromatic carbocycles. The van der Waals surface area contributed by atoms with E-state index >= 15 is 0 Å². The van der Waals surface area contributed by atoms with E-state index in [-0.39, 0.29) is 16.7 Å². The fourth-order valence-electron chi connectivity index (χ4n) is 4.04. The van der Waals surface area contributed by atoms with Crippen molar-refractivity contribution in [2.75, 3.05) is 13.1 Å². The molecule has 1 aliphatic carbocycles. The van der Waals surface area contributed by atoms with Crippen LogP contribution in [0, 0.1) is 17.3 Å². The third-order valence-corrected chi connectivity index (χ3v) is 6.65. The molecule has 1 heterocycles. The number of aliphatic hydroxyl groups is 2. The predicted molar refractivity (Wildman–Crippen MR) is 96.5 cm³/mol. The summed E-state index contributed by atoms with van der Waals surface area (Å²) in [4.78, 5) is 2.15. The van der Waals surface area contributed by atoms with Crippen molar-refractivity contribution >= 4 is 11.6 Å². The summed E-state index contributed by atoms with van der Waals surface area (Å²) in [7, 11) is 0. The van der Waals surface area contributed by atoms with Gasteiger partial charge >= 0.3 is 0 Å². The van der Waals surface area contributed by atoms with Crippen LogP contribution in [0.4, 0.5) is 0 Å². The third kappa shape index (κ3) is 3.78. The molecule has 1 fully saturated rings. The molecule has 1 saturated heterocycles. The first-order chi connectivity index (χ1) is 10.6. The summed E-state index contributed by atoms with van der Waals surface area (Å²) in [5.41, 5.74) is 0.0975. The summed E-state index contributed by atoms with van der Waals surface area (Å²) in [5, 5.41) is 22.3. The number of allylic oxidation sites excluding steroid dienone is 1. The average Bonchev–Trinajstić information content (AvgIpc) is 2.49. The standard InChI is InChI=1S/C19H34ClNO2/c1-13(2)14(3)17(22)21-11-10-19(23,18(4,5)12-21)15-6-8-16(20)9-7-15/h6,13-14,16-17,22-23H,7-12H2,1-5H3/t14-,16?,17?,19+/m1/s1. The molecule has 0 aromatic heterocycles. The smallest absolute Gasteiger partial charge is 0.110 e. The van der Waals surface area contributed by atoms with Gasteiger partial charge in [0.1, 0.15) is 6.23 Å². The van der Waals surface area contributed by atoms with E-state index in [1.807, 2.05) is 0 Å². The minimum absolute atomic E-state index is 0.208. The van der Waals surface area contributed by atoms with Gasteiger partial charge in [0.15, 0.2) is 0 Å². The first-order valence-electron chi connectivity index (χ1n) is 9.06. The highest BCUT2D eigenvalue weighted by molar-refractivity contribution is 6.20. The van der Waals surface area contributed by atoms with Gasteiger partial charge in [-0.1, -0.05) is 40.7 Å². The number of rotatable bonds is 4. The van der Waals surface area contributed by atoms with Gasteiger partial charge in [-0.15, -0.1) is 11.6 Å². The second-order valence-corrected chi connectivity index (χ2v) is 9.20. The van der Waals surface area contributed by atoms with Crippen LogP contribution in [-0.2, 0) is 0 Å². The molecule has 3 nitrogen and oxygen atoms in total. The van der Waals surface area contributed by atoms with Crippen LogP contribution in [0.3, 0.4) is 0 Å². The monoisotopic (exact) mass is 343 g/mol. The number of likely N-dealkylation sites (tertiary alicyclic amines) is 1. The molecule has 2 unspecified atom stereocenters. The maximum Gasteiger partial charge on any atom is 0.110 e. The highest BCUT2D eigenvalue weighted by Crippen LogP contribution is 2.47. The van der Waals surface area contributed by atoms with Crippen molar-refractivity contribution in [2.45, 2.75) is 77.5 Å². The van der Waals surface area contributed by atoms with Crippen LogP contribution in [0.2, 0.25) is 0 Å². The highest BCUT2D eigenvalue weighted by atomic mass is 35.5. The second kappa shape index (κ2) is 7.03. The topological polar surface area (TPSA) is 43.7 Å². The van der Waals surface area contributed by atoms with Gasteiger partial charge in [0, 0.05) is 23.9 Å². The number of piperidine rings is 1. The average molecular weight is 344 g/mol. The zero-order chi connectivity index (χ0) is 17.4. The van der Waals surface area contributed by atoms with Crippen LogP contribution in [0.1, 0.15) is 60.3 Å². The van der Waals surface area contributed by atoms with E-state index in [1.165, 1.54) is 0 Å². The van der Waals surface area contributed by atoms with E-state index in [0.717, 1.165) is 31.4 Å². The van der Waals surface area contributed by atoms with E-state index in [9.17, 15) is 10.2 Å². The fourth-order valence-corrected chi connectivity index (χ4v) is 4.24. The van der Waals surface area contributed by atoms with Gasteiger partial charge in [-0.2, -0.15) is 0 Å². The molecule has 4 heteroatoms. The Morgan fingerprint density at radius 3 is 2.43 bits per heavy atom. The van der Waals surface area contributed by atoms with Crippen LogP contribution in [0.15, 0.2) is 11.6 Å². The summed E-state index contributed by atoms with van der Waals surface area (Å²) in [6.07, 6.45) is 5.09. The molecule has 1 aliphatic heterocycles. The molecule has 0 spiro atoms. The predicted octanol–water partition coefficient (Wildman–Crippen LogP) is 3.78. The van der Waals surface area contributed by atoms with Crippen LogP contribution in [0.5, 0.6) is 0 Å². The zero-order valence-corrected chi connectivity index (χ0v) is 16.1. The van der Waals surface area contributed by atoms with Crippen molar-refractivity contribution in [3.8, 4) is 0 Å². The van der Waals surface area contributed by atoms with Gasteiger partial charge in [0.25, 0.3) is 0 Å². The second-order valence-electron chi connectivity index (χ2n) is 8.58. The Bertz CT molecular complexity index is 449. The largest absolute Gasteiger partial charge is 0.385 e. The van der Waals surface area contributed by atoms with E-state index in [0.29, 0.717) is 18.9 Å². The van der Waals surface area contributed by atoms with E-state index in [1.54, 1.807) is 0 Å². The summed E-state index contributed by atoms with van der Waals surface area (Å²) in [6, 6.07) is 0. The molecule has 0 radical (unpaired) electrons. The molecule has 0 amide bonds. The molecule has 0 saturated carbocycles. The summed E-state index contributed by atoms with van der Waals surface area (Å²) >= 11 is 6.20. The van der Waals surface area contributed by atoms with Gasteiger partial charge in [-0.25, -0.2) is 0 Å². The van der Waals surface area contributed by atoms with Gasteiger partial charge in [-0.05, 0) is 43.1 Å². The van der Waals surface area contributed by atoms with Gasteiger partial charge in [-0.3, -0.25) is 4.90 Å². The minimum Gasteiger partial charge on any atom is -0.385 e. The first kappa shape index (κ1) is 19.2. The van der Waals surface area contributed by atoms with E-state index in [4.69, 9.17) is 11.6 Å². The molecule has 134 valence electrons. The lowest BCUT2D eigenvalue weighted by atomic mass is 9.64. The quantitative estimate of drug-likeness (QED) is 0.603. The van der Waals surface area contributed by atoms with Crippen LogP contribution in [-0.4, -0.2) is 45.4 Å². The van der Waals surface area contributed by atoms with Crippen molar-refractivity contribution in [1.82, 2.24) is 4.90 Å². The minimum atomic E-state index is -0.776. The Balaban J connectivity index is 2.14. The van der Waals surface area contributed by atoms with Gasteiger partial charge in [0.05, 0.1) is 5.60 Å². The van der Waals surface area contributed by atoms with Crippen molar-refractivity contribution in [3.63, 3.8) is 0 Å². The van der Waals surface area contributed by atoms with Gasteiger partial charge in [0.2, 0.25) is 0 Å². The number of hydrogen-bond acceptors (Lipinski definition) is 3. The molecule has 2 rings (SSSR count). The molecule has 2 aliphatic rings. The number of aliphatic hydroxyl groups excluding tert-OH is 1. The van der Waals surface area contributed by atoms with E-state index in [2.05, 4.69) is 45.6 Å². The van der Waals surface area contributed by atoms with Crippen molar-refractivity contribution < 1.29 is 10.2 Å². The Hall–Kier alpha value is -0.0900. The first-order valence-corrected chi connectivity index (χ1v) is 9.50. The van der Waals surface area contributed by atoms with Crippen LogP contribution >= 0.6 is 11.6 Å². The Kier molecular flexibility index (Phi) is 5.88. The normalized spacial score (nSPS) is 35.0. The molecule has 23 heavy (non-hydrogen) atoms. The lowest BCUT2D eigenvalue weighted by Crippen LogP contribution is -2.61. The van der Waals surface area contributed by atoms with Crippen molar-refractivity contribution in [1.29, 1.82) is 0 Å². The molecule has 2 N–H and O–H groups in total. The summed E-state index contributed by atoms with van der Waals surface area (Å²) in [6.45, 7) is 12.1. The maximum atomic E-state index is 11.4. The Morgan fingerprint density at radius 2 is 1.96 bits per heavy atom. The molecule has 0 aromatic rings. The number of hydrogen-bond donors (Lipinski definition) is 2. The molecular weight excluding hydrogens is 310 g/mol. The lowest BCUT2D eigenvalue weighted by Gasteiger charge is -2.53. The number of nitrogens with zero attached hydrogens (tertiary/aromatic N) is 1. The zero-order valence-electron chi connectivity index (χ0n) is 15.3. The molecular formula is C19H34ClNO2. The molecule has 0 bridgehead atoms. The van der Waals surface area contributed by atoms with Crippen LogP contribution in [0.25, 0.3) is 0 Å². The van der Waals surface area contributed by atoms with Gasteiger partial charge < -0.3 is 10.2 Å². The summed E-state index contributed by atoms with van der Waals surface area (Å²) in [5.74, 6) is 0.665. The Morgan fingerprint density at radius 1 is 1.30 bits per heavy atom. The fraction of sp³-hybridized carbons (Fsp3) is 0.895. The number of alkyl halides is 1. The lowest BCUT2D eigenvalue weighted by molar-refractivity contribution is -0.145. The number of halogens is 1. The van der Waals surface area contributed by atoms with E-state index < -0.39 is 11.8 Å². The SMILES string of the molecule is CC(C)[C@@H](C)C(O)N1CC[C@](O)(C2=CCC(Cl)CC2)C(C)(C)C1.